The average Bonchev–Trinajstić information content (AvgIpc) is 2.55. The first-order chi connectivity index (χ1) is 10.7. The van der Waals surface area contributed by atoms with Crippen molar-refractivity contribution in [2.45, 2.75) is 18.3 Å². The Bertz CT molecular complexity index is 665. The van der Waals surface area contributed by atoms with Crippen LogP contribution >= 0.6 is 27.5 Å². The third-order valence-electron chi connectivity index (χ3n) is 4.24. The van der Waals surface area contributed by atoms with Gasteiger partial charge in [0.15, 0.2) is 0 Å². The molecule has 2 aromatic rings. The van der Waals surface area contributed by atoms with Gasteiger partial charge in [-0.25, -0.2) is 4.98 Å². The summed E-state index contributed by atoms with van der Waals surface area (Å²) in [4.78, 5) is 4.21. The van der Waals surface area contributed by atoms with Gasteiger partial charge >= 0.3 is 0 Å². The first-order valence-electron chi connectivity index (χ1n) is 7.34. The van der Waals surface area contributed by atoms with Crippen molar-refractivity contribution >= 4 is 27.5 Å². The van der Waals surface area contributed by atoms with E-state index in [0.29, 0.717) is 17.7 Å². The van der Waals surface area contributed by atoms with Gasteiger partial charge in [0.05, 0.1) is 7.11 Å². The van der Waals surface area contributed by atoms with E-state index in [2.05, 4.69) is 44.4 Å². The lowest BCUT2D eigenvalue weighted by atomic mass is 9.77. The Morgan fingerprint density at radius 3 is 2.91 bits per heavy atom. The molecule has 1 N–H and O–H groups in total. The molecule has 0 unspecified atom stereocenters. The quantitative estimate of drug-likeness (QED) is 0.857. The number of halogens is 2. The van der Waals surface area contributed by atoms with E-state index in [4.69, 9.17) is 16.3 Å². The maximum absolute atomic E-state index is 6.48. The van der Waals surface area contributed by atoms with Gasteiger partial charge in [0.1, 0.15) is 0 Å². The van der Waals surface area contributed by atoms with Crippen LogP contribution in [-0.4, -0.2) is 25.2 Å². The standard InChI is InChI=1S/C17H18BrClN2O/c1-22-17-8-11(4-7-21-17)13-5-6-20-10-15(13)14-3-2-12(18)9-16(14)19/h2-4,7-9,13,15,20H,5-6,10H2,1H3/t13-,15+/m1/s1. The number of benzene rings is 1. The number of rotatable bonds is 3. The lowest BCUT2D eigenvalue weighted by Crippen LogP contribution is -2.34. The minimum absolute atomic E-state index is 0.349. The van der Waals surface area contributed by atoms with E-state index >= 15 is 0 Å². The van der Waals surface area contributed by atoms with E-state index in [9.17, 15) is 0 Å². The molecule has 1 aliphatic rings. The monoisotopic (exact) mass is 380 g/mol. The van der Waals surface area contributed by atoms with Crippen LogP contribution in [0.1, 0.15) is 29.4 Å². The van der Waals surface area contributed by atoms with Gasteiger partial charge in [0.2, 0.25) is 5.88 Å². The van der Waals surface area contributed by atoms with Crippen molar-refractivity contribution in [1.82, 2.24) is 10.3 Å². The lowest BCUT2D eigenvalue weighted by Gasteiger charge is -2.33. The Balaban J connectivity index is 1.97. The Labute approximate surface area is 144 Å². The van der Waals surface area contributed by atoms with Crippen LogP contribution in [0.5, 0.6) is 5.88 Å². The van der Waals surface area contributed by atoms with Crippen molar-refractivity contribution in [3.63, 3.8) is 0 Å². The normalized spacial score (nSPS) is 21.6. The minimum Gasteiger partial charge on any atom is -0.481 e. The first-order valence-corrected chi connectivity index (χ1v) is 8.51. The zero-order valence-corrected chi connectivity index (χ0v) is 14.7. The molecule has 1 saturated heterocycles. The topological polar surface area (TPSA) is 34.1 Å². The maximum atomic E-state index is 6.48. The molecule has 2 heterocycles. The predicted molar refractivity (Wildman–Crippen MR) is 92.9 cm³/mol. The summed E-state index contributed by atoms with van der Waals surface area (Å²) in [6.45, 7) is 1.94. The van der Waals surface area contributed by atoms with Crippen molar-refractivity contribution in [2.75, 3.05) is 20.2 Å². The maximum Gasteiger partial charge on any atom is 0.213 e. The van der Waals surface area contributed by atoms with Gasteiger partial charge < -0.3 is 10.1 Å². The lowest BCUT2D eigenvalue weighted by molar-refractivity contribution is 0.387. The van der Waals surface area contributed by atoms with Gasteiger partial charge in [0.25, 0.3) is 0 Å². The largest absolute Gasteiger partial charge is 0.481 e. The van der Waals surface area contributed by atoms with Crippen molar-refractivity contribution in [2.24, 2.45) is 0 Å². The highest BCUT2D eigenvalue weighted by molar-refractivity contribution is 9.10. The summed E-state index contributed by atoms with van der Waals surface area (Å²) in [5, 5.41) is 4.30. The molecular weight excluding hydrogens is 364 g/mol. The molecule has 1 fully saturated rings. The molecule has 0 amide bonds. The molecule has 5 heteroatoms. The summed E-state index contributed by atoms with van der Waals surface area (Å²) < 4.78 is 6.27. The van der Waals surface area contributed by atoms with Crippen molar-refractivity contribution < 1.29 is 4.74 Å². The fourth-order valence-corrected chi connectivity index (χ4v) is 3.97. The minimum atomic E-state index is 0.349. The summed E-state index contributed by atoms with van der Waals surface area (Å²) in [7, 11) is 1.65. The number of nitrogens with zero attached hydrogens (tertiary/aromatic N) is 1. The number of nitrogens with one attached hydrogen (secondary N) is 1. The fraction of sp³-hybridized carbons (Fsp3) is 0.353. The van der Waals surface area contributed by atoms with Crippen LogP contribution in [0.4, 0.5) is 0 Å². The van der Waals surface area contributed by atoms with Crippen LogP contribution < -0.4 is 10.1 Å². The molecule has 1 aliphatic heterocycles. The smallest absolute Gasteiger partial charge is 0.213 e. The van der Waals surface area contributed by atoms with Gasteiger partial charge in [-0.3, -0.25) is 0 Å². The van der Waals surface area contributed by atoms with Gasteiger partial charge in [-0.2, -0.15) is 0 Å². The summed E-state index contributed by atoms with van der Waals surface area (Å²) in [6.07, 6.45) is 2.89. The second kappa shape index (κ2) is 6.99. The molecule has 0 bridgehead atoms. The van der Waals surface area contributed by atoms with Crippen LogP contribution in [0, 0.1) is 0 Å². The molecule has 116 valence electrons. The van der Waals surface area contributed by atoms with Gasteiger partial charge in [-0.05, 0) is 48.2 Å². The Morgan fingerprint density at radius 2 is 2.14 bits per heavy atom. The SMILES string of the molecule is COc1cc([C@H]2CCNC[C@@H]2c2ccc(Br)cc2Cl)ccn1. The van der Waals surface area contributed by atoms with Crippen LogP contribution in [0.25, 0.3) is 0 Å². The fourth-order valence-electron chi connectivity index (χ4n) is 3.15. The molecule has 1 aromatic carbocycles. The van der Waals surface area contributed by atoms with E-state index in [-0.39, 0.29) is 0 Å². The molecule has 1 aromatic heterocycles. The number of methoxy groups -OCH3 is 1. The molecule has 3 rings (SSSR count). The van der Waals surface area contributed by atoms with Gasteiger partial charge in [-0.1, -0.05) is 33.6 Å². The molecule has 0 aliphatic carbocycles. The second-order valence-electron chi connectivity index (χ2n) is 5.50. The van der Waals surface area contributed by atoms with Crippen LogP contribution in [-0.2, 0) is 0 Å². The highest BCUT2D eigenvalue weighted by atomic mass is 79.9. The second-order valence-corrected chi connectivity index (χ2v) is 6.83. The number of aromatic nitrogens is 1. The average molecular weight is 382 g/mol. The van der Waals surface area contributed by atoms with Crippen LogP contribution in [0.15, 0.2) is 41.0 Å². The van der Waals surface area contributed by atoms with Gasteiger partial charge in [0, 0.05) is 34.2 Å². The van der Waals surface area contributed by atoms with E-state index in [0.717, 1.165) is 29.0 Å². The van der Waals surface area contributed by atoms with Crippen molar-refractivity contribution in [1.29, 1.82) is 0 Å². The summed E-state index contributed by atoms with van der Waals surface area (Å²) in [6, 6.07) is 10.3. The van der Waals surface area contributed by atoms with E-state index in [1.165, 1.54) is 11.1 Å². The predicted octanol–water partition coefficient (Wildman–Crippen LogP) is 4.37. The zero-order chi connectivity index (χ0) is 15.5. The number of ether oxygens (including phenoxy) is 1. The molecular formula is C17H18BrClN2O. The zero-order valence-electron chi connectivity index (χ0n) is 12.4. The van der Waals surface area contributed by atoms with E-state index in [1.807, 2.05) is 18.3 Å². The Morgan fingerprint density at radius 1 is 1.27 bits per heavy atom. The molecule has 22 heavy (non-hydrogen) atoms. The molecule has 0 spiro atoms. The third-order valence-corrected chi connectivity index (χ3v) is 5.06. The number of hydrogen-bond donors (Lipinski definition) is 1. The van der Waals surface area contributed by atoms with Crippen molar-refractivity contribution in [3.8, 4) is 5.88 Å². The van der Waals surface area contributed by atoms with E-state index in [1.54, 1.807) is 7.11 Å². The highest BCUT2D eigenvalue weighted by Gasteiger charge is 2.29. The number of piperidine rings is 1. The summed E-state index contributed by atoms with van der Waals surface area (Å²) in [5.41, 5.74) is 2.45. The first kappa shape index (κ1) is 15.8. The highest BCUT2D eigenvalue weighted by Crippen LogP contribution is 2.41. The Hall–Kier alpha value is -1.10. The molecule has 2 atom stereocenters. The summed E-state index contributed by atoms with van der Waals surface area (Å²) in [5.74, 6) is 1.43. The summed E-state index contributed by atoms with van der Waals surface area (Å²) >= 11 is 9.95. The van der Waals surface area contributed by atoms with Gasteiger partial charge in [-0.15, -0.1) is 0 Å². The number of hydrogen-bond acceptors (Lipinski definition) is 3. The van der Waals surface area contributed by atoms with Crippen LogP contribution in [0.2, 0.25) is 5.02 Å². The third kappa shape index (κ3) is 3.29. The Kier molecular flexibility index (Phi) is 5.01. The molecule has 0 saturated carbocycles. The number of pyridine rings is 1. The van der Waals surface area contributed by atoms with E-state index < -0.39 is 0 Å². The van der Waals surface area contributed by atoms with Crippen molar-refractivity contribution in [3.05, 3.63) is 57.2 Å². The molecule has 0 radical (unpaired) electrons. The molecule has 3 nitrogen and oxygen atoms in total. The van der Waals surface area contributed by atoms with Crippen LogP contribution in [0.3, 0.4) is 0 Å².